The molecule has 0 saturated carbocycles. The normalized spacial score (nSPS) is 10.6. The Bertz CT molecular complexity index is 811. The Hall–Kier alpha value is -2.04. The summed E-state index contributed by atoms with van der Waals surface area (Å²) in [6.45, 7) is 2.48. The van der Waals surface area contributed by atoms with Crippen molar-refractivity contribution in [3.8, 4) is 17.0 Å². The second-order valence-electron chi connectivity index (χ2n) is 5.13. The summed E-state index contributed by atoms with van der Waals surface area (Å²) in [5.41, 5.74) is 2.04. The lowest BCUT2D eigenvalue weighted by Gasteiger charge is -2.08. The summed E-state index contributed by atoms with van der Waals surface area (Å²) in [6, 6.07) is 19.6. The number of halogens is 1. The van der Waals surface area contributed by atoms with E-state index in [1.165, 1.54) is 0 Å². The number of ether oxygens (including phenoxy) is 1. The zero-order chi connectivity index (χ0) is 16.8. The van der Waals surface area contributed by atoms with Crippen LogP contribution in [0.3, 0.4) is 0 Å². The van der Waals surface area contributed by atoms with E-state index in [9.17, 15) is 0 Å². The number of aromatic nitrogens is 2. The Kier molecular flexibility index (Phi) is 5.72. The largest absolute Gasteiger partial charge is 0.491 e. The van der Waals surface area contributed by atoms with Gasteiger partial charge in [0, 0.05) is 11.3 Å². The van der Waals surface area contributed by atoms with E-state index in [1.807, 2.05) is 55.5 Å². The van der Waals surface area contributed by atoms with Crippen molar-refractivity contribution >= 4 is 23.4 Å². The molecule has 1 aromatic heterocycles. The van der Waals surface area contributed by atoms with E-state index in [1.54, 1.807) is 11.8 Å². The molecule has 0 saturated heterocycles. The van der Waals surface area contributed by atoms with E-state index in [-0.39, 0.29) is 0 Å². The Balaban J connectivity index is 1.61. The summed E-state index contributed by atoms with van der Waals surface area (Å²) in [6.07, 6.45) is 0. The van der Waals surface area contributed by atoms with Crippen molar-refractivity contribution in [2.45, 2.75) is 11.9 Å². The minimum Gasteiger partial charge on any atom is -0.491 e. The molecule has 3 rings (SSSR count). The van der Waals surface area contributed by atoms with Gasteiger partial charge in [0.1, 0.15) is 16.6 Å². The number of nitrogens with zero attached hydrogens (tertiary/aromatic N) is 2. The van der Waals surface area contributed by atoms with Crippen LogP contribution in [0.5, 0.6) is 5.75 Å². The van der Waals surface area contributed by atoms with Crippen molar-refractivity contribution < 1.29 is 4.74 Å². The van der Waals surface area contributed by atoms with Gasteiger partial charge in [-0.05, 0) is 25.1 Å². The van der Waals surface area contributed by atoms with Crippen LogP contribution in [-0.2, 0) is 0 Å². The number of para-hydroxylation sites is 1. The molecule has 0 aliphatic heterocycles. The summed E-state index contributed by atoms with van der Waals surface area (Å²) >= 11 is 7.73. The van der Waals surface area contributed by atoms with Crippen LogP contribution in [0.4, 0.5) is 0 Å². The molecule has 0 atom stereocenters. The van der Waals surface area contributed by atoms with Gasteiger partial charge in [0.15, 0.2) is 0 Å². The Morgan fingerprint density at radius 1 is 1.00 bits per heavy atom. The summed E-state index contributed by atoms with van der Waals surface area (Å²) in [7, 11) is 0. The van der Waals surface area contributed by atoms with Crippen molar-refractivity contribution in [2.24, 2.45) is 0 Å². The zero-order valence-corrected chi connectivity index (χ0v) is 14.8. The van der Waals surface area contributed by atoms with Gasteiger partial charge in [-0.1, -0.05) is 54.1 Å². The lowest BCUT2D eigenvalue weighted by Crippen LogP contribution is -2.01. The SMILES string of the molecule is Cc1nc(SCCOc2ccccc2Cl)cc(-c2ccccc2)n1. The fraction of sp³-hybridized carbons (Fsp3) is 0.158. The highest BCUT2D eigenvalue weighted by Crippen LogP contribution is 2.25. The number of hydrogen-bond acceptors (Lipinski definition) is 4. The molecule has 0 aliphatic rings. The molecule has 1 heterocycles. The lowest BCUT2D eigenvalue weighted by atomic mass is 10.1. The van der Waals surface area contributed by atoms with Crippen molar-refractivity contribution in [1.82, 2.24) is 9.97 Å². The molecular weight excluding hydrogens is 340 g/mol. The smallest absolute Gasteiger partial charge is 0.137 e. The van der Waals surface area contributed by atoms with Crippen LogP contribution in [0.2, 0.25) is 5.02 Å². The first-order valence-corrected chi connectivity index (χ1v) is 9.00. The molecule has 0 N–H and O–H groups in total. The maximum Gasteiger partial charge on any atom is 0.137 e. The fourth-order valence-corrected chi connectivity index (χ4v) is 3.19. The molecule has 0 unspecified atom stereocenters. The molecular formula is C19H17ClN2OS. The second-order valence-corrected chi connectivity index (χ2v) is 6.65. The monoisotopic (exact) mass is 356 g/mol. The molecule has 0 bridgehead atoms. The van der Waals surface area contributed by atoms with Crippen LogP contribution in [0.1, 0.15) is 5.82 Å². The summed E-state index contributed by atoms with van der Waals surface area (Å²) in [5.74, 6) is 2.27. The summed E-state index contributed by atoms with van der Waals surface area (Å²) in [5, 5.41) is 1.58. The average Bonchev–Trinajstić information content (AvgIpc) is 2.60. The van der Waals surface area contributed by atoms with E-state index in [2.05, 4.69) is 22.1 Å². The number of benzene rings is 2. The lowest BCUT2D eigenvalue weighted by molar-refractivity contribution is 0.344. The first-order chi connectivity index (χ1) is 11.7. The standard InChI is InChI=1S/C19H17ClN2OS/c1-14-21-17(15-7-3-2-4-8-15)13-19(22-14)24-12-11-23-18-10-6-5-9-16(18)20/h2-10,13H,11-12H2,1H3. The predicted molar refractivity (Wildman–Crippen MR) is 99.9 cm³/mol. The molecule has 3 nitrogen and oxygen atoms in total. The number of thioether (sulfide) groups is 1. The number of rotatable bonds is 6. The van der Waals surface area contributed by atoms with Gasteiger partial charge in [-0.25, -0.2) is 9.97 Å². The van der Waals surface area contributed by atoms with Crippen LogP contribution in [0.15, 0.2) is 65.7 Å². The Labute approximate surface area is 151 Å². The molecule has 0 fully saturated rings. The van der Waals surface area contributed by atoms with Crippen molar-refractivity contribution in [3.63, 3.8) is 0 Å². The molecule has 24 heavy (non-hydrogen) atoms. The zero-order valence-electron chi connectivity index (χ0n) is 13.3. The van der Waals surface area contributed by atoms with Crippen LogP contribution < -0.4 is 4.74 Å². The van der Waals surface area contributed by atoms with Crippen LogP contribution >= 0.6 is 23.4 Å². The highest BCUT2D eigenvalue weighted by Gasteiger charge is 2.05. The molecule has 2 aromatic carbocycles. The molecule has 0 spiro atoms. The van der Waals surface area contributed by atoms with Gasteiger partial charge >= 0.3 is 0 Å². The van der Waals surface area contributed by atoms with Gasteiger partial charge in [0.05, 0.1) is 17.3 Å². The maximum atomic E-state index is 6.08. The topological polar surface area (TPSA) is 35.0 Å². The van der Waals surface area contributed by atoms with Crippen LogP contribution in [-0.4, -0.2) is 22.3 Å². The van der Waals surface area contributed by atoms with Gasteiger partial charge in [-0.3, -0.25) is 0 Å². The van der Waals surface area contributed by atoms with E-state index in [0.29, 0.717) is 17.4 Å². The molecule has 5 heteroatoms. The first-order valence-electron chi connectivity index (χ1n) is 7.63. The maximum absolute atomic E-state index is 6.08. The summed E-state index contributed by atoms with van der Waals surface area (Å²) < 4.78 is 5.71. The van der Waals surface area contributed by atoms with E-state index < -0.39 is 0 Å². The predicted octanol–water partition coefficient (Wildman–Crippen LogP) is 5.28. The van der Waals surface area contributed by atoms with Crippen LogP contribution in [0.25, 0.3) is 11.3 Å². The van der Waals surface area contributed by atoms with E-state index in [4.69, 9.17) is 16.3 Å². The van der Waals surface area contributed by atoms with Crippen molar-refractivity contribution in [3.05, 3.63) is 71.5 Å². The minimum atomic E-state index is 0.568. The fourth-order valence-electron chi connectivity index (χ4n) is 2.23. The molecule has 3 aromatic rings. The highest BCUT2D eigenvalue weighted by molar-refractivity contribution is 7.99. The third-order valence-electron chi connectivity index (χ3n) is 3.31. The Morgan fingerprint density at radius 2 is 1.75 bits per heavy atom. The van der Waals surface area contributed by atoms with Gasteiger partial charge in [-0.2, -0.15) is 0 Å². The average molecular weight is 357 g/mol. The second kappa shape index (κ2) is 8.18. The molecule has 0 aliphatic carbocycles. The van der Waals surface area contributed by atoms with Crippen LogP contribution in [0, 0.1) is 6.92 Å². The minimum absolute atomic E-state index is 0.568. The summed E-state index contributed by atoms with van der Waals surface area (Å²) in [4.78, 5) is 9.01. The molecule has 0 radical (unpaired) electrons. The number of aryl methyl sites for hydroxylation is 1. The van der Waals surface area contributed by atoms with E-state index >= 15 is 0 Å². The third kappa shape index (κ3) is 4.49. The molecule has 0 amide bonds. The van der Waals surface area contributed by atoms with Gasteiger partial charge in [-0.15, -0.1) is 11.8 Å². The molecule has 122 valence electrons. The number of hydrogen-bond donors (Lipinski definition) is 0. The highest BCUT2D eigenvalue weighted by atomic mass is 35.5. The Morgan fingerprint density at radius 3 is 2.54 bits per heavy atom. The van der Waals surface area contributed by atoms with Crippen molar-refractivity contribution in [2.75, 3.05) is 12.4 Å². The third-order valence-corrected chi connectivity index (χ3v) is 4.50. The van der Waals surface area contributed by atoms with E-state index in [0.717, 1.165) is 27.9 Å². The van der Waals surface area contributed by atoms with Crippen molar-refractivity contribution in [1.29, 1.82) is 0 Å². The van der Waals surface area contributed by atoms with Gasteiger partial charge in [0.25, 0.3) is 0 Å². The van der Waals surface area contributed by atoms with Gasteiger partial charge in [0.2, 0.25) is 0 Å². The first kappa shape index (κ1) is 16.8. The van der Waals surface area contributed by atoms with Gasteiger partial charge < -0.3 is 4.74 Å². The quantitative estimate of drug-likeness (QED) is 0.342.